The monoisotopic (exact) mass is 299 g/mol. The first kappa shape index (κ1) is 12.9. The average Bonchev–Trinajstić information content (AvgIpc) is 2.38. The van der Waals surface area contributed by atoms with Crippen LogP contribution in [0.4, 0.5) is 0 Å². The summed E-state index contributed by atoms with van der Waals surface area (Å²) in [7, 11) is 1.72. The van der Waals surface area contributed by atoms with Crippen LogP contribution in [0.15, 0.2) is 22.7 Å². The molecule has 1 aromatic rings. The molecule has 0 spiro atoms. The van der Waals surface area contributed by atoms with Gasteiger partial charge in [-0.2, -0.15) is 0 Å². The normalized spacial score (nSPS) is 17.1. The molecule has 17 heavy (non-hydrogen) atoms. The second-order valence-electron chi connectivity index (χ2n) is 4.16. The molecule has 0 saturated carbocycles. The van der Waals surface area contributed by atoms with Gasteiger partial charge in [-0.25, -0.2) is 0 Å². The fourth-order valence-corrected chi connectivity index (χ4v) is 2.37. The third-order valence-electron chi connectivity index (χ3n) is 3.05. The summed E-state index contributed by atoms with van der Waals surface area (Å²) in [5.74, 6) is 0.965. The molecule has 94 valence electrons. The largest absolute Gasteiger partial charge is 0.496 e. The highest BCUT2D eigenvalue weighted by molar-refractivity contribution is 9.10. The van der Waals surface area contributed by atoms with Crippen LogP contribution in [0, 0.1) is 0 Å². The number of rotatable bonds is 4. The highest BCUT2D eigenvalue weighted by Crippen LogP contribution is 2.24. The summed E-state index contributed by atoms with van der Waals surface area (Å²) in [5.41, 5.74) is 1.27. The second kappa shape index (κ2) is 6.38. The molecule has 1 fully saturated rings. The van der Waals surface area contributed by atoms with Crippen LogP contribution in [0.1, 0.15) is 5.56 Å². The first-order valence-corrected chi connectivity index (χ1v) is 6.71. The van der Waals surface area contributed by atoms with Crippen molar-refractivity contribution in [3.8, 4) is 5.75 Å². The molecule has 0 aliphatic carbocycles. The number of halogens is 1. The highest BCUT2D eigenvalue weighted by Gasteiger charge is 2.11. The number of ether oxygens (including phenoxy) is 2. The van der Waals surface area contributed by atoms with E-state index in [1.165, 1.54) is 5.56 Å². The Bertz CT molecular complexity index is 364. The summed E-state index contributed by atoms with van der Waals surface area (Å²) in [6.45, 7) is 4.87. The molecule has 4 heteroatoms. The van der Waals surface area contributed by atoms with Crippen molar-refractivity contribution >= 4 is 15.9 Å². The number of morpholine rings is 1. The van der Waals surface area contributed by atoms with Crippen molar-refractivity contribution in [3.05, 3.63) is 28.2 Å². The van der Waals surface area contributed by atoms with Gasteiger partial charge in [-0.3, -0.25) is 4.90 Å². The summed E-state index contributed by atoms with van der Waals surface area (Å²) in [6, 6.07) is 6.22. The molecule has 0 unspecified atom stereocenters. The number of hydrogen-bond donors (Lipinski definition) is 0. The van der Waals surface area contributed by atoms with Crippen LogP contribution in [0.5, 0.6) is 5.75 Å². The average molecular weight is 300 g/mol. The van der Waals surface area contributed by atoms with Crippen LogP contribution in [-0.4, -0.2) is 44.9 Å². The summed E-state index contributed by atoms with van der Waals surface area (Å²) >= 11 is 3.46. The van der Waals surface area contributed by atoms with E-state index in [1.807, 2.05) is 6.07 Å². The van der Waals surface area contributed by atoms with E-state index < -0.39 is 0 Å². The summed E-state index contributed by atoms with van der Waals surface area (Å²) in [4.78, 5) is 2.44. The molecule has 1 aliphatic rings. The smallest absolute Gasteiger partial charge is 0.123 e. The van der Waals surface area contributed by atoms with Crippen LogP contribution in [0.25, 0.3) is 0 Å². The molecule has 0 atom stereocenters. The van der Waals surface area contributed by atoms with Crippen molar-refractivity contribution in [3.63, 3.8) is 0 Å². The molecule has 2 rings (SSSR count). The maximum atomic E-state index is 5.39. The number of hydrogen-bond acceptors (Lipinski definition) is 3. The molecule has 1 aromatic carbocycles. The van der Waals surface area contributed by atoms with Crippen LogP contribution in [0.3, 0.4) is 0 Å². The Kier molecular flexibility index (Phi) is 4.83. The molecular formula is C13H18BrNO2. The zero-order valence-electron chi connectivity index (χ0n) is 10.1. The van der Waals surface area contributed by atoms with Crippen molar-refractivity contribution in [2.24, 2.45) is 0 Å². The van der Waals surface area contributed by atoms with Crippen molar-refractivity contribution in [1.29, 1.82) is 0 Å². The second-order valence-corrected chi connectivity index (χ2v) is 5.08. The Balaban J connectivity index is 1.93. The summed E-state index contributed by atoms with van der Waals surface area (Å²) in [6.07, 6.45) is 1.02. The minimum Gasteiger partial charge on any atom is -0.496 e. The van der Waals surface area contributed by atoms with Gasteiger partial charge in [0.1, 0.15) is 5.75 Å². The van der Waals surface area contributed by atoms with Crippen LogP contribution < -0.4 is 4.74 Å². The minimum absolute atomic E-state index is 0.859. The van der Waals surface area contributed by atoms with Gasteiger partial charge in [0.05, 0.1) is 20.3 Å². The van der Waals surface area contributed by atoms with Gasteiger partial charge in [0.15, 0.2) is 0 Å². The molecule has 1 heterocycles. The predicted molar refractivity (Wildman–Crippen MR) is 71.7 cm³/mol. The van der Waals surface area contributed by atoms with Gasteiger partial charge >= 0.3 is 0 Å². The van der Waals surface area contributed by atoms with Gasteiger partial charge < -0.3 is 9.47 Å². The lowest BCUT2D eigenvalue weighted by Gasteiger charge is -2.26. The fraction of sp³-hybridized carbons (Fsp3) is 0.538. The van der Waals surface area contributed by atoms with Gasteiger partial charge in [-0.15, -0.1) is 0 Å². The fourth-order valence-electron chi connectivity index (χ4n) is 2.03. The Morgan fingerprint density at radius 2 is 2.12 bits per heavy atom. The summed E-state index contributed by atoms with van der Waals surface area (Å²) < 4.78 is 11.8. The van der Waals surface area contributed by atoms with Crippen LogP contribution >= 0.6 is 15.9 Å². The number of benzene rings is 1. The lowest BCUT2D eigenvalue weighted by atomic mass is 10.1. The molecular weight excluding hydrogens is 282 g/mol. The molecule has 0 radical (unpaired) electrons. The zero-order valence-corrected chi connectivity index (χ0v) is 11.7. The van der Waals surface area contributed by atoms with Crippen molar-refractivity contribution in [2.45, 2.75) is 6.42 Å². The SMILES string of the molecule is COc1cc(Br)ccc1CCN1CCOCC1. The number of nitrogens with zero attached hydrogens (tertiary/aromatic N) is 1. The third kappa shape index (κ3) is 3.69. The van der Waals surface area contributed by atoms with Gasteiger partial charge in [0.2, 0.25) is 0 Å². The molecule has 0 N–H and O–H groups in total. The van der Waals surface area contributed by atoms with Crippen LogP contribution in [0.2, 0.25) is 0 Å². The highest BCUT2D eigenvalue weighted by atomic mass is 79.9. The standard InChI is InChI=1S/C13H18BrNO2/c1-16-13-10-12(14)3-2-11(13)4-5-15-6-8-17-9-7-15/h2-3,10H,4-9H2,1H3. The van der Waals surface area contributed by atoms with E-state index in [0.717, 1.165) is 49.5 Å². The van der Waals surface area contributed by atoms with Crippen molar-refractivity contribution in [1.82, 2.24) is 4.90 Å². The first-order chi connectivity index (χ1) is 8.29. The van der Waals surface area contributed by atoms with Crippen molar-refractivity contribution < 1.29 is 9.47 Å². The van der Waals surface area contributed by atoms with E-state index in [4.69, 9.17) is 9.47 Å². The Hall–Kier alpha value is -0.580. The first-order valence-electron chi connectivity index (χ1n) is 5.92. The van der Waals surface area contributed by atoms with E-state index in [-0.39, 0.29) is 0 Å². The molecule has 0 amide bonds. The topological polar surface area (TPSA) is 21.7 Å². The molecule has 3 nitrogen and oxygen atoms in total. The predicted octanol–water partition coefficient (Wildman–Crippen LogP) is 2.33. The molecule has 0 aromatic heterocycles. The molecule has 0 bridgehead atoms. The Morgan fingerprint density at radius 3 is 2.82 bits per heavy atom. The van der Waals surface area contributed by atoms with E-state index in [9.17, 15) is 0 Å². The lowest BCUT2D eigenvalue weighted by Crippen LogP contribution is -2.37. The number of methoxy groups -OCH3 is 1. The zero-order chi connectivity index (χ0) is 12.1. The molecule has 1 aliphatic heterocycles. The van der Waals surface area contributed by atoms with Gasteiger partial charge in [-0.1, -0.05) is 22.0 Å². The maximum Gasteiger partial charge on any atom is 0.123 e. The van der Waals surface area contributed by atoms with E-state index in [0.29, 0.717) is 0 Å². The van der Waals surface area contributed by atoms with Gasteiger partial charge in [0, 0.05) is 24.1 Å². The van der Waals surface area contributed by atoms with E-state index in [2.05, 4.69) is 33.0 Å². The van der Waals surface area contributed by atoms with Gasteiger partial charge in [0.25, 0.3) is 0 Å². The van der Waals surface area contributed by atoms with Crippen molar-refractivity contribution in [2.75, 3.05) is 40.0 Å². The third-order valence-corrected chi connectivity index (χ3v) is 3.54. The Morgan fingerprint density at radius 1 is 1.35 bits per heavy atom. The van der Waals surface area contributed by atoms with Crippen LogP contribution in [-0.2, 0) is 11.2 Å². The van der Waals surface area contributed by atoms with E-state index in [1.54, 1.807) is 7.11 Å². The molecule has 1 saturated heterocycles. The lowest BCUT2D eigenvalue weighted by molar-refractivity contribution is 0.0384. The quantitative estimate of drug-likeness (QED) is 0.852. The minimum atomic E-state index is 0.859. The summed E-state index contributed by atoms with van der Waals surface area (Å²) in [5, 5.41) is 0. The Labute approximate surface area is 111 Å². The van der Waals surface area contributed by atoms with Gasteiger partial charge in [-0.05, 0) is 24.1 Å². The van der Waals surface area contributed by atoms with E-state index >= 15 is 0 Å². The maximum absolute atomic E-state index is 5.39.